The number of carboxylic acids is 1. The predicted molar refractivity (Wildman–Crippen MR) is 80.6 cm³/mol. The van der Waals surface area contributed by atoms with E-state index in [0.717, 1.165) is 21.3 Å². The summed E-state index contributed by atoms with van der Waals surface area (Å²) in [6.45, 7) is 2.35. The highest BCUT2D eigenvalue weighted by Crippen LogP contribution is 2.25. The van der Waals surface area contributed by atoms with Crippen molar-refractivity contribution in [3.8, 4) is 11.3 Å². The Morgan fingerprint density at radius 3 is 2.75 bits per heavy atom. The van der Waals surface area contributed by atoms with Crippen molar-refractivity contribution >= 4 is 27.7 Å². The Hall–Kier alpha value is -1.95. The van der Waals surface area contributed by atoms with Gasteiger partial charge in [0.05, 0.1) is 12.1 Å². The minimum Gasteiger partial charge on any atom is -0.481 e. The normalized spacial score (nSPS) is 10.3. The second kappa shape index (κ2) is 6.47. The van der Waals surface area contributed by atoms with Gasteiger partial charge in [0.15, 0.2) is 0 Å². The molecule has 0 amide bonds. The van der Waals surface area contributed by atoms with E-state index in [0.29, 0.717) is 12.4 Å². The van der Waals surface area contributed by atoms with Gasteiger partial charge in [0.1, 0.15) is 5.82 Å². The Bertz CT molecular complexity index is 614. The molecule has 1 aromatic carbocycles. The van der Waals surface area contributed by atoms with Crippen molar-refractivity contribution < 1.29 is 9.90 Å². The topological polar surface area (TPSA) is 75.1 Å². The van der Waals surface area contributed by atoms with Crippen LogP contribution in [0.15, 0.2) is 34.8 Å². The smallest absolute Gasteiger partial charge is 0.305 e. The molecule has 5 nitrogen and oxygen atoms in total. The van der Waals surface area contributed by atoms with Crippen LogP contribution in [0.3, 0.4) is 0 Å². The molecule has 0 saturated heterocycles. The van der Waals surface area contributed by atoms with Gasteiger partial charge in [-0.25, -0.2) is 0 Å². The first-order chi connectivity index (χ1) is 9.56. The van der Waals surface area contributed by atoms with Gasteiger partial charge >= 0.3 is 5.97 Å². The maximum absolute atomic E-state index is 10.4. The Morgan fingerprint density at radius 1 is 1.30 bits per heavy atom. The second-order valence-corrected chi connectivity index (χ2v) is 5.25. The van der Waals surface area contributed by atoms with Crippen LogP contribution in [-0.2, 0) is 4.79 Å². The highest BCUT2D eigenvalue weighted by atomic mass is 79.9. The molecule has 2 rings (SSSR count). The first-order valence-corrected chi connectivity index (χ1v) is 6.91. The van der Waals surface area contributed by atoms with Gasteiger partial charge in [-0.3, -0.25) is 4.79 Å². The molecule has 2 aromatic rings. The van der Waals surface area contributed by atoms with Crippen molar-refractivity contribution in [3.05, 3.63) is 40.4 Å². The quantitative estimate of drug-likeness (QED) is 0.878. The zero-order chi connectivity index (χ0) is 14.5. The number of nitrogens with zero attached hydrogens (tertiary/aromatic N) is 2. The number of carbonyl (C=O) groups is 1. The van der Waals surface area contributed by atoms with Crippen LogP contribution < -0.4 is 5.32 Å². The molecular weight excluding hydrogens is 322 g/mol. The molecule has 0 unspecified atom stereocenters. The average Bonchev–Trinajstić information content (AvgIpc) is 2.42. The molecule has 2 N–H and O–H groups in total. The van der Waals surface area contributed by atoms with E-state index in [9.17, 15) is 4.79 Å². The summed E-state index contributed by atoms with van der Waals surface area (Å²) in [6.07, 6.45) is 0.0498. The fourth-order valence-corrected chi connectivity index (χ4v) is 2.10. The molecule has 20 heavy (non-hydrogen) atoms. The summed E-state index contributed by atoms with van der Waals surface area (Å²) in [7, 11) is 0. The lowest BCUT2D eigenvalue weighted by Gasteiger charge is -2.07. The van der Waals surface area contributed by atoms with E-state index in [2.05, 4.69) is 31.4 Å². The maximum atomic E-state index is 10.4. The van der Waals surface area contributed by atoms with E-state index >= 15 is 0 Å². The van der Waals surface area contributed by atoms with Gasteiger partial charge in [-0.15, -0.1) is 10.2 Å². The lowest BCUT2D eigenvalue weighted by Crippen LogP contribution is -2.09. The van der Waals surface area contributed by atoms with Crippen LogP contribution in [-0.4, -0.2) is 27.8 Å². The largest absolute Gasteiger partial charge is 0.481 e. The molecule has 6 heteroatoms. The summed E-state index contributed by atoms with van der Waals surface area (Å²) >= 11 is 3.44. The Morgan fingerprint density at radius 2 is 2.10 bits per heavy atom. The Balaban J connectivity index is 2.11. The molecule has 0 aliphatic heterocycles. The SMILES string of the molecule is Cc1ccc(Br)cc1-c1ccc(NCCC(=O)O)nn1. The number of rotatable bonds is 5. The van der Waals surface area contributed by atoms with Gasteiger partial charge in [-0.05, 0) is 36.8 Å². The second-order valence-electron chi connectivity index (χ2n) is 4.33. The van der Waals surface area contributed by atoms with Crippen LogP contribution in [0.2, 0.25) is 0 Å². The number of hydrogen-bond acceptors (Lipinski definition) is 4. The molecule has 0 aliphatic rings. The van der Waals surface area contributed by atoms with E-state index < -0.39 is 5.97 Å². The van der Waals surface area contributed by atoms with Crippen molar-refractivity contribution in [2.24, 2.45) is 0 Å². The fourth-order valence-electron chi connectivity index (χ4n) is 1.74. The molecule has 1 heterocycles. The summed E-state index contributed by atoms with van der Waals surface area (Å²) in [5, 5.41) is 19.7. The van der Waals surface area contributed by atoms with Crippen LogP contribution in [0, 0.1) is 6.92 Å². The molecule has 0 atom stereocenters. The summed E-state index contributed by atoms with van der Waals surface area (Å²) in [6, 6.07) is 9.65. The van der Waals surface area contributed by atoms with Crippen LogP contribution in [0.4, 0.5) is 5.82 Å². The van der Waals surface area contributed by atoms with Crippen LogP contribution >= 0.6 is 15.9 Å². The zero-order valence-electron chi connectivity index (χ0n) is 10.9. The third-order valence-electron chi connectivity index (χ3n) is 2.79. The van der Waals surface area contributed by atoms with Gasteiger partial charge in [0, 0.05) is 16.6 Å². The number of aromatic nitrogens is 2. The molecule has 0 radical (unpaired) electrons. The first-order valence-electron chi connectivity index (χ1n) is 6.12. The minimum atomic E-state index is -0.841. The van der Waals surface area contributed by atoms with E-state index in [1.165, 1.54) is 0 Å². The monoisotopic (exact) mass is 335 g/mol. The fraction of sp³-hybridized carbons (Fsp3) is 0.214. The molecule has 0 spiro atoms. The summed E-state index contributed by atoms with van der Waals surface area (Å²) in [5.41, 5.74) is 2.92. The van der Waals surface area contributed by atoms with E-state index in [-0.39, 0.29) is 6.42 Å². The predicted octanol–water partition coefficient (Wildman–Crippen LogP) is 3.10. The van der Waals surface area contributed by atoms with Gasteiger partial charge < -0.3 is 10.4 Å². The third-order valence-corrected chi connectivity index (χ3v) is 3.28. The van der Waals surface area contributed by atoms with Crippen molar-refractivity contribution in [3.63, 3.8) is 0 Å². The minimum absolute atomic E-state index is 0.0498. The number of aliphatic carboxylic acids is 1. The van der Waals surface area contributed by atoms with Crippen LogP contribution in [0.1, 0.15) is 12.0 Å². The zero-order valence-corrected chi connectivity index (χ0v) is 12.5. The highest BCUT2D eigenvalue weighted by molar-refractivity contribution is 9.10. The Labute approximate surface area is 125 Å². The molecule has 0 bridgehead atoms. The number of carboxylic acid groups (broad SMARTS) is 1. The molecule has 1 aromatic heterocycles. The number of halogens is 1. The van der Waals surface area contributed by atoms with Crippen molar-refractivity contribution in [1.82, 2.24) is 10.2 Å². The molecule has 0 fully saturated rings. The Kier molecular flexibility index (Phi) is 4.68. The van der Waals surface area contributed by atoms with Gasteiger partial charge in [0.2, 0.25) is 0 Å². The van der Waals surface area contributed by atoms with Gasteiger partial charge in [0.25, 0.3) is 0 Å². The number of nitrogens with one attached hydrogen (secondary N) is 1. The van der Waals surface area contributed by atoms with Crippen molar-refractivity contribution in [2.45, 2.75) is 13.3 Å². The highest BCUT2D eigenvalue weighted by Gasteiger charge is 2.05. The lowest BCUT2D eigenvalue weighted by atomic mass is 10.1. The van der Waals surface area contributed by atoms with Crippen molar-refractivity contribution in [2.75, 3.05) is 11.9 Å². The summed E-state index contributed by atoms with van der Waals surface area (Å²) in [5.74, 6) is -0.269. The molecule has 104 valence electrons. The van der Waals surface area contributed by atoms with E-state index in [1.54, 1.807) is 6.07 Å². The number of aryl methyl sites for hydroxylation is 1. The average molecular weight is 336 g/mol. The number of anilines is 1. The number of benzene rings is 1. The van der Waals surface area contributed by atoms with E-state index in [4.69, 9.17) is 5.11 Å². The third kappa shape index (κ3) is 3.77. The number of hydrogen-bond donors (Lipinski definition) is 2. The van der Waals surface area contributed by atoms with Crippen molar-refractivity contribution in [1.29, 1.82) is 0 Å². The molecular formula is C14H14BrN3O2. The first kappa shape index (κ1) is 14.5. The summed E-state index contributed by atoms with van der Waals surface area (Å²) < 4.78 is 0.989. The molecule has 0 saturated carbocycles. The summed E-state index contributed by atoms with van der Waals surface area (Å²) in [4.78, 5) is 10.4. The maximum Gasteiger partial charge on any atom is 0.305 e. The standard InChI is InChI=1S/C14H14BrN3O2/c1-9-2-3-10(15)8-11(9)12-4-5-13(18-17-12)16-7-6-14(19)20/h2-5,8H,6-7H2,1H3,(H,16,18)(H,19,20). The van der Waals surface area contributed by atoms with Gasteiger partial charge in [-0.2, -0.15) is 0 Å². The van der Waals surface area contributed by atoms with Gasteiger partial charge in [-0.1, -0.05) is 22.0 Å². The van der Waals surface area contributed by atoms with E-state index in [1.807, 2.05) is 31.2 Å². The van der Waals surface area contributed by atoms with Crippen LogP contribution in [0.25, 0.3) is 11.3 Å². The molecule has 0 aliphatic carbocycles. The van der Waals surface area contributed by atoms with Crippen LogP contribution in [0.5, 0.6) is 0 Å². The lowest BCUT2D eigenvalue weighted by molar-refractivity contribution is -0.136.